The van der Waals surface area contributed by atoms with E-state index in [4.69, 9.17) is 4.98 Å². The second kappa shape index (κ2) is 13.6. The van der Waals surface area contributed by atoms with Crippen molar-refractivity contribution in [2.24, 2.45) is 5.41 Å². The summed E-state index contributed by atoms with van der Waals surface area (Å²) < 4.78 is 0. The van der Waals surface area contributed by atoms with Gasteiger partial charge in [-0.25, -0.2) is 9.97 Å². The Morgan fingerprint density at radius 2 is 1.36 bits per heavy atom. The minimum atomic E-state index is -0.294. The molecule has 2 amide bonds. The highest BCUT2D eigenvalue weighted by molar-refractivity contribution is 6.11. The molecule has 2 aromatic heterocycles. The molecule has 3 aromatic carbocycles. The molecular formula is C43H45N7O3. The zero-order valence-electron chi connectivity index (χ0n) is 30.2. The molecule has 2 saturated heterocycles. The minimum Gasteiger partial charge on any atom is -0.350 e. The van der Waals surface area contributed by atoms with Crippen LogP contribution in [0.3, 0.4) is 0 Å². The fraction of sp³-hybridized carbons (Fsp3) is 0.372. The largest absolute Gasteiger partial charge is 0.350 e. The van der Waals surface area contributed by atoms with Gasteiger partial charge in [-0.05, 0) is 97.5 Å². The summed E-state index contributed by atoms with van der Waals surface area (Å²) in [5.41, 5.74) is 10.1. The van der Waals surface area contributed by atoms with Crippen LogP contribution in [0.15, 0.2) is 73.1 Å². The number of carbonyl (C=O) groups is 3. The van der Waals surface area contributed by atoms with Gasteiger partial charge in [-0.15, -0.1) is 0 Å². The van der Waals surface area contributed by atoms with Gasteiger partial charge in [0.15, 0.2) is 5.78 Å². The number of aromatic nitrogens is 4. The van der Waals surface area contributed by atoms with Crippen molar-refractivity contribution < 1.29 is 14.4 Å². The molecule has 10 heteroatoms. The van der Waals surface area contributed by atoms with Gasteiger partial charge in [0.05, 0.1) is 42.4 Å². The summed E-state index contributed by atoms with van der Waals surface area (Å²) in [4.78, 5) is 58.4. The lowest BCUT2D eigenvalue weighted by atomic mass is 9.81. The summed E-state index contributed by atoms with van der Waals surface area (Å²) in [5, 5.41) is 2.48. The van der Waals surface area contributed by atoms with Gasteiger partial charge < -0.3 is 20.2 Å². The molecule has 3 N–H and O–H groups in total. The molecule has 9 rings (SSSR count). The lowest BCUT2D eigenvalue weighted by Crippen LogP contribution is -2.37. The maximum Gasteiger partial charge on any atom is 0.242 e. The fourth-order valence-corrected chi connectivity index (χ4v) is 9.54. The molecule has 53 heavy (non-hydrogen) atoms. The van der Waals surface area contributed by atoms with E-state index in [-0.39, 0.29) is 23.9 Å². The molecule has 2 aliphatic carbocycles. The van der Waals surface area contributed by atoms with Crippen molar-refractivity contribution >= 4 is 18.1 Å². The number of rotatable bonds is 9. The van der Waals surface area contributed by atoms with Crippen LogP contribution in [0.4, 0.5) is 0 Å². The molecule has 270 valence electrons. The van der Waals surface area contributed by atoms with Gasteiger partial charge in [0.1, 0.15) is 11.6 Å². The van der Waals surface area contributed by atoms with E-state index in [1.54, 1.807) is 4.90 Å². The van der Waals surface area contributed by atoms with Gasteiger partial charge in [-0.2, -0.15) is 0 Å². The van der Waals surface area contributed by atoms with Crippen molar-refractivity contribution in [3.63, 3.8) is 0 Å². The number of nitrogens with one attached hydrogen (secondary N) is 3. The lowest BCUT2D eigenvalue weighted by Gasteiger charge is -2.23. The molecule has 3 fully saturated rings. The first kappa shape index (κ1) is 33.5. The monoisotopic (exact) mass is 707 g/mol. The number of H-pyrrole nitrogens is 2. The van der Waals surface area contributed by atoms with Crippen molar-refractivity contribution in [3.8, 4) is 44.8 Å². The highest BCUT2D eigenvalue weighted by atomic mass is 16.2. The summed E-state index contributed by atoms with van der Waals surface area (Å²) in [6.07, 6.45) is 13.3. The molecule has 1 saturated carbocycles. The van der Waals surface area contributed by atoms with E-state index in [2.05, 4.69) is 92.9 Å². The third-order valence-electron chi connectivity index (χ3n) is 12.4. The Labute approximate surface area is 309 Å². The molecule has 5 aromatic rings. The number of hydrogen-bond acceptors (Lipinski definition) is 6. The molecule has 1 spiro atoms. The number of Topliss-reactive ketones (excluding diaryl/α,β-unsaturated/α-hetero) is 1. The van der Waals surface area contributed by atoms with Crippen molar-refractivity contribution in [2.45, 2.75) is 69.9 Å². The molecule has 2 unspecified atom stereocenters. The molecule has 4 aliphatic rings. The zero-order valence-corrected chi connectivity index (χ0v) is 30.2. The van der Waals surface area contributed by atoms with E-state index >= 15 is 0 Å². The first-order chi connectivity index (χ1) is 25.9. The Kier molecular flexibility index (Phi) is 8.57. The zero-order chi connectivity index (χ0) is 36.1. The van der Waals surface area contributed by atoms with Gasteiger partial charge in [-0.3, -0.25) is 19.3 Å². The Balaban J connectivity index is 0.993. The summed E-state index contributed by atoms with van der Waals surface area (Å²) in [6, 6.07) is 21.6. The van der Waals surface area contributed by atoms with Gasteiger partial charge in [0.2, 0.25) is 12.3 Å². The summed E-state index contributed by atoms with van der Waals surface area (Å²) >= 11 is 0. The predicted octanol–water partition coefficient (Wildman–Crippen LogP) is 7.28. The molecule has 10 nitrogen and oxygen atoms in total. The van der Waals surface area contributed by atoms with Crippen LogP contribution in [0, 0.1) is 5.41 Å². The smallest absolute Gasteiger partial charge is 0.242 e. The maximum atomic E-state index is 14.4. The van der Waals surface area contributed by atoms with E-state index in [0.717, 1.165) is 120 Å². The van der Waals surface area contributed by atoms with Crippen LogP contribution in [0.25, 0.3) is 44.8 Å². The van der Waals surface area contributed by atoms with E-state index in [9.17, 15) is 14.4 Å². The normalized spacial score (nSPS) is 20.8. The average molecular weight is 708 g/mol. The molecule has 0 bridgehead atoms. The van der Waals surface area contributed by atoms with Crippen molar-refractivity contribution in [1.82, 2.24) is 35.1 Å². The van der Waals surface area contributed by atoms with Crippen LogP contribution in [0.2, 0.25) is 0 Å². The van der Waals surface area contributed by atoms with Gasteiger partial charge in [-0.1, -0.05) is 73.5 Å². The van der Waals surface area contributed by atoms with Gasteiger partial charge in [0.25, 0.3) is 0 Å². The summed E-state index contributed by atoms with van der Waals surface area (Å²) in [7, 11) is 2.17. The first-order valence-electron chi connectivity index (χ1n) is 19.1. The van der Waals surface area contributed by atoms with Crippen LogP contribution in [0.1, 0.15) is 91.0 Å². The number of imidazole rings is 2. The van der Waals surface area contributed by atoms with Gasteiger partial charge >= 0.3 is 0 Å². The van der Waals surface area contributed by atoms with Gasteiger partial charge in [0, 0.05) is 17.5 Å². The molecule has 2 atom stereocenters. The number of amides is 2. The van der Waals surface area contributed by atoms with Crippen molar-refractivity contribution in [2.75, 3.05) is 26.7 Å². The summed E-state index contributed by atoms with van der Waals surface area (Å²) in [5.74, 6) is 1.99. The first-order valence-corrected chi connectivity index (χ1v) is 19.1. The predicted molar refractivity (Wildman–Crippen MR) is 204 cm³/mol. The van der Waals surface area contributed by atoms with Crippen LogP contribution in [-0.2, 0) is 16.0 Å². The number of hydrogen-bond donors (Lipinski definition) is 3. The Hall–Kier alpha value is -5.35. The number of benzene rings is 3. The molecule has 4 heterocycles. The van der Waals surface area contributed by atoms with Crippen LogP contribution in [0.5, 0.6) is 0 Å². The fourth-order valence-electron chi connectivity index (χ4n) is 9.54. The number of likely N-dealkylation sites (tertiary alicyclic amines) is 2. The van der Waals surface area contributed by atoms with E-state index in [1.807, 2.05) is 12.4 Å². The third kappa shape index (κ3) is 5.89. The number of fused-ring (bicyclic) bond motifs is 1. The maximum absolute atomic E-state index is 14.4. The highest BCUT2D eigenvalue weighted by Gasteiger charge is 2.49. The second-order valence-electron chi connectivity index (χ2n) is 15.4. The second-order valence-corrected chi connectivity index (χ2v) is 15.4. The standard InChI is InChI=1S/C43H45N7O3/c1-49-20-4-6-36(49)41-45-23-34(47-41)29-12-8-27(9-13-29)31-16-17-32(39-33(31)22-43(40(39)53)18-2-3-19-43)28-10-14-30(15-11-28)35-24-46-42(48-35)37-7-5-21-50(37)38(52)25-44-26-51/h8-17,23-24,26,36-37H,2-7,18-22,25H2,1H3,(H,44,51)(H,45,47)(H,46,48). The van der Waals surface area contributed by atoms with E-state index in [0.29, 0.717) is 24.8 Å². The Bertz CT molecular complexity index is 2180. The van der Waals surface area contributed by atoms with Crippen molar-refractivity contribution in [1.29, 1.82) is 0 Å². The van der Waals surface area contributed by atoms with E-state index < -0.39 is 0 Å². The Morgan fingerprint density at radius 3 is 1.98 bits per heavy atom. The van der Waals surface area contributed by atoms with E-state index in [1.165, 1.54) is 12.0 Å². The lowest BCUT2D eigenvalue weighted by molar-refractivity contribution is -0.132. The molecule has 0 radical (unpaired) electrons. The SMILES string of the molecule is CN1CCCC1c1ncc(-c2ccc(-c3ccc(-c4ccc(-c5cnc(C6CCCN6C(=O)CNC=O)[nH]5)cc4)c4c3CC3(CCCC3)C4=O)cc2)[nH]1. The topological polar surface area (TPSA) is 127 Å². The minimum absolute atomic E-state index is 0.0130. The third-order valence-corrected chi connectivity index (χ3v) is 12.4. The van der Waals surface area contributed by atoms with Crippen LogP contribution < -0.4 is 5.32 Å². The number of aromatic amines is 2. The van der Waals surface area contributed by atoms with Crippen LogP contribution >= 0.6 is 0 Å². The average Bonchev–Trinajstić information content (AvgIpc) is 4.04. The molecule has 2 aliphatic heterocycles. The number of nitrogens with zero attached hydrogens (tertiary/aromatic N) is 4. The molecular weight excluding hydrogens is 663 g/mol. The highest BCUT2D eigenvalue weighted by Crippen LogP contribution is 2.53. The van der Waals surface area contributed by atoms with Crippen LogP contribution in [-0.4, -0.2) is 74.5 Å². The number of carbonyl (C=O) groups excluding carboxylic acids is 3. The quantitative estimate of drug-likeness (QED) is 0.138. The summed E-state index contributed by atoms with van der Waals surface area (Å²) in [6.45, 7) is 1.74. The Morgan fingerprint density at radius 1 is 0.792 bits per heavy atom. The number of ketones is 1. The van der Waals surface area contributed by atoms with Crippen molar-refractivity contribution in [3.05, 3.63) is 95.8 Å².